The van der Waals surface area contributed by atoms with Gasteiger partial charge in [0, 0.05) is 19.6 Å². The molecule has 0 saturated carbocycles. The SMILES string of the molecule is CCCc1nn(C)c(NCC(N)CC)c1[N+](=O)[O-]. The fraction of sp³-hybridized carbons (Fsp3) is 0.727. The maximum Gasteiger partial charge on any atom is 0.333 e. The quantitative estimate of drug-likeness (QED) is 0.567. The van der Waals surface area contributed by atoms with E-state index >= 15 is 0 Å². The molecule has 1 heterocycles. The van der Waals surface area contributed by atoms with Gasteiger partial charge in [0.2, 0.25) is 5.82 Å². The van der Waals surface area contributed by atoms with Gasteiger partial charge in [-0.2, -0.15) is 5.10 Å². The molecule has 0 aliphatic rings. The van der Waals surface area contributed by atoms with Crippen molar-refractivity contribution in [1.29, 1.82) is 0 Å². The Bertz CT molecular complexity index is 416. The van der Waals surface area contributed by atoms with Crippen molar-refractivity contribution in [3.63, 3.8) is 0 Å². The minimum atomic E-state index is -0.377. The van der Waals surface area contributed by atoms with E-state index in [0.717, 1.165) is 12.8 Å². The smallest absolute Gasteiger partial charge is 0.333 e. The Labute approximate surface area is 107 Å². The van der Waals surface area contributed by atoms with Crippen LogP contribution in [0, 0.1) is 10.1 Å². The lowest BCUT2D eigenvalue weighted by molar-refractivity contribution is -0.384. The molecule has 1 unspecified atom stereocenters. The van der Waals surface area contributed by atoms with Gasteiger partial charge in [-0.3, -0.25) is 10.1 Å². The molecule has 18 heavy (non-hydrogen) atoms. The largest absolute Gasteiger partial charge is 0.363 e. The Morgan fingerprint density at radius 3 is 2.72 bits per heavy atom. The lowest BCUT2D eigenvalue weighted by Crippen LogP contribution is -2.28. The molecule has 1 atom stereocenters. The Morgan fingerprint density at radius 1 is 1.56 bits per heavy atom. The summed E-state index contributed by atoms with van der Waals surface area (Å²) in [6, 6.07) is -0.0193. The molecule has 102 valence electrons. The van der Waals surface area contributed by atoms with Crippen LogP contribution in [0.15, 0.2) is 0 Å². The number of nitrogens with two attached hydrogens (primary N) is 1. The zero-order chi connectivity index (χ0) is 13.7. The first-order valence-electron chi connectivity index (χ1n) is 6.20. The predicted octanol–water partition coefficient (Wildman–Crippen LogP) is 1.43. The molecule has 1 aromatic rings. The first kappa shape index (κ1) is 14.4. The van der Waals surface area contributed by atoms with Gasteiger partial charge < -0.3 is 11.1 Å². The summed E-state index contributed by atoms with van der Waals surface area (Å²) in [4.78, 5) is 10.7. The Kier molecular flexibility index (Phi) is 5.08. The molecule has 0 amide bonds. The summed E-state index contributed by atoms with van der Waals surface area (Å²) in [5.41, 5.74) is 6.40. The normalized spacial score (nSPS) is 12.4. The molecule has 7 heteroatoms. The van der Waals surface area contributed by atoms with Crippen LogP contribution >= 0.6 is 0 Å². The van der Waals surface area contributed by atoms with Crippen LogP contribution in [-0.2, 0) is 13.5 Å². The number of nitrogens with one attached hydrogen (secondary N) is 1. The summed E-state index contributed by atoms with van der Waals surface area (Å²) in [5.74, 6) is 0.437. The molecule has 7 nitrogen and oxygen atoms in total. The van der Waals surface area contributed by atoms with Crippen molar-refractivity contribution >= 4 is 11.5 Å². The standard InChI is InChI=1S/C11H21N5O2/c1-4-6-9-10(16(17)18)11(15(3)14-9)13-7-8(12)5-2/h8,13H,4-7,12H2,1-3H3. The number of hydrogen-bond donors (Lipinski definition) is 2. The molecular weight excluding hydrogens is 234 g/mol. The molecule has 3 N–H and O–H groups in total. The summed E-state index contributed by atoms with van der Waals surface area (Å²) in [7, 11) is 1.70. The van der Waals surface area contributed by atoms with Crippen LogP contribution in [0.4, 0.5) is 11.5 Å². The predicted molar refractivity (Wildman–Crippen MR) is 70.6 cm³/mol. The number of nitrogens with zero attached hydrogens (tertiary/aromatic N) is 3. The van der Waals surface area contributed by atoms with Gasteiger partial charge in [-0.25, -0.2) is 4.68 Å². The van der Waals surface area contributed by atoms with E-state index in [0.29, 0.717) is 24.5 Å². The van der Waals surface area contributed by atoms with Crippen LogP contribution in [-0.4, -0.2) is 27.3 Å². The molecule has 0 fully saturated rings. The van der Waals surface area contributed by atoms with Crippen LogP contribution in [0.25, 0.3) is 0 Å². The molecular formula is C11H21N5O2. The van der Waals surface area contributed by atoms with Crippen LogP contribution in [0.3, 0.4) is 0 Å². The van der Waals surface area contributed by atoms with Crippen LogP contribution in [0.2, 0.25) is 0 Å². The molecule has 0 bridgehead atoms. The van der Waals surface area contributed by atoms with Crippen LogP contribution in [0.5, 0.6) is 0 Å². The highest BCUT2D eigenvalue weighted by Gasteiger charge is 2.25. The summed E-state index contributed by atoms with van der Waals surface area (Å²) in [5, 5.41) is 18.3. The van der Waals surface area contributed by atoms with E-state index in [9.17, 15) is 10.1 Å². The van der Waals surface area contributed by atoms with Gasteiger partial charge >= 0.3 is 5.69 Å². The van der Waals surface area contributed by atoms with Crippen molar-refractivity contribution in [1.82, 2.24) is 9.78 Å². The van der Waals surface area contributed by atoms with Crippen molar-refractivity contribution in [3.8, 4) is 0 Å². The van der Waals surface area contributed by atoms with E-state index in [1.807, 2.05) is 13.8 Å². The maximum absolute atomic E-state index is 11.1. The second-order valence-electron chi connectivity index (χ2n) is 4.32. The van der Waals surface area contributed by atoms with E-state index in [1.165, 1.54) is 4.68 Å². The van der Waals surface area contributed by atoms with E-state index in [-0.39, 0.29) is 16.7 Å². The monoisotopic (exact) mass is 255 g/mol. The van der Waals surface area contributed by atoms with Crippen molar-refractivity contribution in [2.45, 2.75) is 39.2 Å². The highest BCUT2D eigenvalue weighted by Crippen LogP contribution is 2.28. The van der Waals surface area contributed by atoms with Gasteiger partial charge in [-0.1, -0.05) is 20.3 Å². The van der Waals surface area contributed by atoms with Crippen molar-refractivity contribution in [2.24, 2.45) is 12.8 Å². The molecule has 0 aromatic carbocycles. The average molecular weight is 255 g/mol. The summed E-state index contributed by atoms with van der Waals surface area (Å²) >= 11 is 0. The molecule has 1 aromatic heterocycles. The number of nitro groups is 1. The number of anilines is 1. The highest BCUT2D eigenvalue weighted by atomic mass is 16.6. The lowest BCUT2D eigenvalue weighted by Gasteiger charge is -2.10. The first-order valence-corrected chi connectivity index (χ1v) is 6.20. The number of aryl methyl sites for hydroxylation is 2. The first-order chi connectivity index (χ1) is 8.51. The third-order valence-corrected chi connectivity index (χ3v) is 2.82. The van der Waals surface area contributed by atoms with Crippen LogP contribution in [0.1, 0.15) is 32.4 Å². The lowest BCUT2D eigenvalue weighted by atomic mass is 10.2. The number of hydrogen-bond acceptors (Lipinski definition) is 5. The average Bonchev–Trinajstić information content (AvgIpc) is 2.63. The molecule has 1 rings (SSSR count). The third-order valence-electron chi connectivity index (χ3n) is 2.82. The zero-order valence-corrected chi connectivity index (χ0v) is 11.1. The fourth-order valence-corrected chi connectivity index (χ4v) is 1.74. The summed E-state index contributed by atoms with van der Waals surface area (Å²) in [6.45, 7) is 4.45. The molecule has 0 radical (unpaired) electrons. The number of rotatable bonds is 7. The van der Waals surface area contributed by atoms with Gasteiger partial charge in [0.15, 0.2) is 0 Å². The second-order valence-corrected chi connectivity index (χ2v) is 4.32. The Hall–Kier alpha value is -1.63. The zero-order valence-electron chi connectivity index (χ0n) is 11.1. The van der Waals surface area contributed by atoms with E-state index < -0.39 is 0 Å². The Morgan fingerprint density at radius 2 is 2.22 bits per heavy atom. The molecule has 0 aliphatic heterocycles. The topological polar surface area (TPSA) is 99.0 Å². The minimum absolute atomic E-state index is 0.0193. The number of aromatic nitrogens is 2. The van der Waals surface area contributed by atoms with Gasteiger partial charge in [-0.15, -0.1) is 0 Å². The van der Waals surface area contributed by atoms with E-state index in [2.05, 4.69) is 10.4 Å². The maximum atomic E-state index is 11.1. The molecule has 0 spiro atoms. The van der Waals surface area contributed by atoms with Gasteiger partial charge in [0.25, 0.3) is 0 Å². The summed E-state index contributed by atoms with van der Waals surface area (Å²) < 4.78 is 1.52. The van der Waals surface area contributed by atoms with E-state index in [4.69, 9.17) is 5.73 Å². The van der Waals surface area contributed by atoms with Gasteiger partial charge in [0.05, 0.1) is 4.92 Å². The fourth-order valence-electron chi connectivity index (χ4n) is 1.74. The highest BCUT2D eigenvalue weighted by molar-refractivity contribution is 5.59. The van der Waals surface area contributed by atoms with Crippen molar-refractivity contribution < 1.29 is 4.92 Å². The minimum Gasteiger partial charge on any atom is -0.363 e. The second kappa shape index (κ2) is 6.34. The molecule has 0 saturated heterocycles. The van der Waals surface area contributed by atoms with Crippen molar-refractivity contribution in [3.05, 3.63) is 15.8 Å². The summed E-state index contributed by atoms with van der Waals surface area (Å²) in [6.07, 6.45) is 2.25. The van der Waals surface area contributed by atoms with Crippen LogP contribution < -0.4 is 11.1 Å². The molecule has 0 aliphatic carbocycles. The third kappa shape index (κ3) is 3.19. The van der Waals surface area contributed by atoms with Gasteiger partial charge in [0.1, 0.15) is 5.69 Å². The van der Waals surface area contributed by atoms with Crippen molar-refractivity contribution in [2.75, 3.05) is 11.9 Å². The van der Waals surface area contributed by atoms with Gasteiger partial charge in [-0.05, 0) is 12.8 Å². The van der Waals surface area contributed by atoms with E-state index in [1.54, 1.807) is 7.05 Å². The Balaban J connectivity index is 2.98.